The Morgan fingerprint density at radius 3 is 2.52 bits per heavy atom. The molecule has 0 bridgehead atoms. The number of amides is 1. The number of carbonyl (C=O) groups is 2. The second-order valence-electron chi connectivity index (χ2n) is 7.18. The highest BCUT2D eigenvalue weighted by Crippen LogP contribution is 2.34. The van der Waals surface area contributed by atoms with E-state index in [4.69, 9.17) is 4.74 Å². The molecule has 0 saturated carbocycles. The number of ether oxygens (including phenoxy) is 2. The van der Waals surface area contributed by atoms with Gasteiger partial charge in [0.25, 0.3) is 0 Å². The molecular formula is C20H25ClN2O4. The Kier molecular flexibility index (Phi) is 6.68. The summed E-state index contributed by atoms with van der Waals surface area (Å²) in [6.07, 6.45) is 0. The van der Waals surface area contributed by atoms with E-state index in [9.17, 15) is 9.59 Å². The fourth-order valence-electron chi connectivity index (χ4n) is 3.31. The number of benzene rings is 2. The van der Waals surface area contributed by atoms with Crippen molar-refractivity contribution in [3.63, 3.8) is 0 Å². The number of rotatable bonds is 5. The van der Waals surface area contributed by atoms with Gasteiger partial charge >= 0.3 is 5.97 Å². The Labute approximate surface area is 165 Å². The fourth-order valence-corrected chi connectivity index (χ4v) is 3.31. The number of esters is 1. The molecule has 2 aromatic rings. The monoisotopic (exact) mass is 392 g/mol. The maximum Gasteiger partial charge on any atom is 0.343 e. The van der Waals surface area contributed by atoms with Gasteiger partial charge in [-0.1, -0.05) is 38.1 Å². The van der Waals surface area contributed by atoms with Crippen LogP contribution in [0.25, 0.3) is 10.8 Å². The summed E-state index contributed by atoms with van der Waals surface area (Å²) in [5.74, 6) is 0.0548. The van der Waals surface area contributed by atoms with Crippen molar-refractivity contribution in [1.82, 2.24) is 5.32 Å². The Balaban J connectivity index is 0.00000261. The van der Waals surface area contributed by atoms with E-state index in [-0.39, 0.29) is 36.3 Å². The van der Waals surface area contributed by atoms with Gasteiger partial charge in [0.05, 0.1) is 13.0 Å². The van der Waals surface area contributed by atoms with E-state index in [1.165, 1.54) is 7.11 Å². The second kappa shape index (κ2) is 8.59. The second-order valence-corrected chi connectivity index (χ2v) is 7.18. The van der Waals surface area contributed by atoms with Gasteiger partial charge in [0.1, 0.15) is 5.75 Å². The molecule has 1 unspecified atom stereocenters. The lowest BCUT2D eigenvalue weighted by molar-refractivity contribution is -0.142. The number of halogens is 1. The molecule has 1 saturated heterocycles. The molecule has 1 aliphatic rings. The summed E-state index contributed by atoms with van der Waals surface area (Å²) in [5.41, 5.74) is 0.655. The smallest absolute Gasteiger partial charge is 0.343 e. The van der Waals surface area contributed by atoms with Crippen molar-refractivity contribution in [2.45, 2.75) is 13.8 Å². The van der Waals surface area contributed by atoms with Crippen LogP contribution in [0.3, 0.4) is 0 Å². The Hall–Kier alpha value is -2.31. The van der Waals surface area contributed by atoms with Gasteiger partial charge in [-0.05, 0) is 17.5 Å². The molecule has 1 aliphatic heterocycles. The Morgan fingerprint density at radius 1 is 1.19 bits per heavy atom. The molecule has 1 fully saturated rings. The zero-order valence-electron chi connectivity index (χ0n) is 15.7. The van der Waals surface area contributed by atoms with Crippen molar-refractivity contribution in [2.75, 3.05) is 32.1 Å². The minimum Gasteiger partial charge on any atom is -0.481 e. The summed E-state index contributed by atoms with van der Waals surface area (Å²) in [7, 11) is 1.32. The molecule has 0 radical (unpaired) electrons. The van der Waals surface area contributed by atoms with E-state index in [2.05, 4.69) is 29.2 Å². The first-order valence-corrected chi connectivity index (χ1v) is 8.65. The predicted molar refractivity (Wildman–Crippen MR) is 107 cm³/mol. The molecule has 1 heterocycles. The third kappa shape index (κ3) is 4.51. The summed E-state index contributed by atoms with van der Waals surface area (Å²) in [4.78, 5) is 24.1. The normalized spacial score (nSPS) is 17.8. The number of hydrogen-bond acceptors (Lipinski definition) is 5. The van der Waals surface area contributed by atoms with Crippen LogP contribution >= 0.6 is 12.4 Å². The quantitative estimate of drug-likeness (QED) is 0.765. The van der Waals surface area contributed by atoms with Crippen molar-refractivity contribution < 1.29 is 19.1 Å². The van der Waals surface area contributed by atoms with Gasteiger partial charge in [0.15, 0.2) is 6.61 Å². The van der Waals surface area contributed by atoms with Crippen LogP contribution in [0.5, 0.6) is 5.75 Å². The van der Waals surface area contributed by atoms with E-state index in [0.717, 1.165) is 23.0 Å². The molecule has 7 heteroatoms. The molecule has 2 N–H and O–H groups in total. The molecule has 1 amide bonds. The van der Waals surface area contributed by atoms with Gasteiger partial charge in [-0.2, -0.15) is 0 Å². The van der Waals surface area contributed by atoms with Crippen molar-refractivity contribution >= 4 is 40.7 Å². The summed E-state index contributed by atoms with van der Waals surface area (Å²) in [5, 5.41) is 8.04. The fraction of sp³-hybridized carbons (Fsp3) is 0.400. The van der Waals surface area contributed by atoms with Gasteiger partial charge in [-0.3, -0.25) is 4.79 Å². The average Bonchev–Trinajstić information content (AvgIpc) is 3.00. The van der Waals surface area contributed by atoms with E-state index in [1.807, 2.05) is 30.3 Å². The highest BCUT2D eigenvalue weighted by molar-refractivity contribution is 6.05. The van der Waals surface area contributed by atoms with Crippen LogP contribution in [-0.4, -0.2) is 38.7 Å². The highest BCUT2D eigenvalue weighted by Gasteiger charge is 2.39. The van der Waals surface area contributed by atoms with E-state index < -0.39 is 5.97 Å². The summed E-state index contributed by atoms with van der Waals surface area (Å²) >= 11 is 0. The number of carbonyl (C=O) groups excluding carboxylic acids is 2. The lowest BCUT2D eigenvalue weighted by Gasteiger charge is -2.25. The molecule has 0 aromatic heterocycles. The van der Waals surface area contributed by atoms with Gasteiger partial charge in [0.2, 0.25) is 5.91 Å². The van der Waals surface area contributed by atoms with Gasteiger partial charge < -0.3 is 20.1 Å². The largest absolute Gasteiger partial charge is 0.481 e. The maximum absolute atomic E-state index is 12.8. The van der Waals surface area contributed by atoms with Crippen LogP contribution in [-0.2, 0) is 14.3 Å². The Bertz CT molecular complexity index is 838. The molecule has 0 aliphatic carbocycles. The zero-order valence-corrected chi connectivity index (χ0v) is 16.5. The number of anilines is 1. The molecule has 6 nitrogen and oxygen atoms in total. The minimum atomic E-state index is -0.442. The SMILES string of the molecule is COC(=O)COc1ccc(NC(=O)C2CNCC2(C)C)c2ccccc12.Cl. The summed E-state index contributed by atoms with van der Waals surface area (Å²) < 4.78 is 10.2. The topological polar surface area (TPSA) is 76.7 Å². The maximum atomic E-state index is 12.8. The summed E-state index contributed by atoms with van der Waals surface area (Å²) in [6.45, 7) is 5.54. The van der Waals surface area contributed by atoms with Crippen LogP contribution in [0.1, 0.15) is 13.8 Å². The van der Waals surface area contributed by atoms with Crippen LogP contribution < -0.4 is 15.4 Å². The minimum absolute atomic E-state index is 0. The van der Waals surface area contributed by atoms with Gasteiger partial charge in [-0.15, -0.1) is 12.4 Å². The molecule has 1 atom stereocenters. The van der Waals surface area contributed by atoms with Crippen molar-refractivity contribution in [3.8, 4) is 5.75 Å². The Morgan fingerprint density at radius 2 is 1.89 bits per heavy atom. The first-order valence-electron chi connectivity index (χ1n) is 8.65. The van der Waals surface area contributed by atoms with Crippen LogP contribution in [0.15, 0.2) is 36.4 Å². The standard InChI is InChI=1S/C20H24N2O4.ClH/c1-20(2)12-21-10-15(20)19(24)22-16-8-9-17(26-11-18(23)25-3)14-7-5-4-6-13(14)16;/h4-9,15,21H,10-12H2,1-3H3,(H,22,24);1H. The summed E-state index contributed by atoms with van der Waals surface area (Å²) in [6, 6.07) is 11.2. The number of methoxy groups -OCH3 is 1. The van der Waals surface area contributed by atoms with Crippen molar-refractivity contribution in [2.24, 2.45) is 11.3 Å². The molecular weight excluding hydrogens is 368 g/mol. The van der Waals surface area contributed by atoms with Crippen LogP contribution in [0.2, 0.25) is 0 Å². The van der Waals surface area contributed by atoms with Crippen molar-refractivity contribution in [1.29, 1.82) is 0 Å². The van der Waals surface area contributed by atoms with Gasteiger partial charge in [0, 0.05) is 29.5 Å². The molecule has 2 aromatic carbocycles. The predicted octanol–water partition coefficient (Wildman–Crippen LogP) is 3.00. The number of nitrogens with one attached hydrogen (secondary N) is 2. The third-order valence-electron chi connectivity index (χ3n) is 4.90. The van der Waals surface area contributed by atoms with Gasteiger partial charge in [-0.25, -0.2) is 4.79 Å². The van der Waals surface area contributed by atoms with E-state index >= 15 is 0 Å². The molecule has 3 rings (SSSR count). The third-order valence-corrected chi connectivity index (χ3v) is 4.90. The van der Waals surface area contributed by atoms with Crippen LogP contribution in [0, 0.1) is 11.3 Å². The van der Waals surface area contributed by atoms with Crippen molar-refractivity contribution in [3.05, 3.63) is 36.4 Å². The van der Waals surface area contributed by atoms with E-state index in [0.29, 0.717) is 12.3 Å². The number of fused-ring (bicyclic) bond motifs is 1. The zero-order chi connectivity index (χ0) is 18.7. The average molecular weight is 393 g/mol. The van der Waals surface area contributed by atoms with Crippen LogP contribution in [0.4, 0.5) is 5.69 Å². The molecule has 0 spiro atoms. The number of hydrogen-bond donors (Lipinski definition) is 2. The molecule has 146 valence electrons. The lowest BCUT2D eigenvalue weighted by atomic mass is 9.81. The van der Waals surface area contributed by atoms with E-state index in [1.54, 1.807) is 6.07 Å². The lowest BCUT2D eigenvalue weighted by Crippen LogP contribution is -2.33. The highest BCUT2D eigenvalue weighted by atomic mass is 35.5. The molecule has 27 heavy (non-hydrogen) atoms. The first-order chi connectivity index (χ1) is 12.4. The first kappa shape index (κ1) is 21.0.